The minimum Gasteiger partial charge on any atom is -0.341 e. The van der Waals surface area contributed by atoms with Gasteiger partial charge in [0.15, 0.2) is 0 Å². The highest BCUT2D eigenvalue weighted by atomic mass is 16.1. The molecule has 0 spiro atoms. The summed E-state index contributed by atoms with van der Waals surface area (Å²) in [5.41, 5.74) is 1.52. The fraction of sp³-hybridized carbons (Fsp3) is 0.294. The summed E-state index contributed by atoms with van der Waals surface area (Å²) in [6, 6.07) is 10.4. The van der Waals surface area contributed by atoms with Crippen LogP contribution in [0.5, 0.6) is 0 Å². The molecular weight excluding hydrogens is 290 g/mol. The summed E-state index contributed by atoms with van der Waals surface area (Å²) >= 11 is 0. The Morgan fingerprint density at radius 2 is 1.87 bits per heavy atom. The van der Waals surface area contributed by atoms with Gasteiger partial charge in [-0.2, -0.15) is 5.26 Å². The van der Waals surface area contributed by atoms with Gasteiger partial charge in [-0.3, -0.25) is 4.79 Å². The van der Waals surface area contributed by atoms with Crippen LogP contribution >= 0.6 is 0 Å². The molecule has 2 aromatic rings. The van der Waals surface area contributed by atoms with Crippen molar-refractivity contribution in [3.63, 3.8) is 0 Å². The van der Waals surface area contributed by atoms with E-state index in [4.69, 9.17) is 5.26 Å². The smallest absolute Gasteiger partial charge is 0.274 e. The Morgan fingerprint density at radius 3 is 2.57 bits per heavy atom. The number of hydrogen-bond acceptors (Lipinski definition) is 5. The van der Waals surface area contributed by atoms with Crippen LogP contribution in [0.1, 0.15) is 35.3 Å². The Bertz CT molecular complexity index is 729. The zero-order valence-electron chi connectivity index (χ0n) is 12.7. The number of hydrogen-bond donors (Lipinski definition) is 1. The first-order valence-corrected chi connectivity index (χ1v) is 7.66. The van der Waals surface area contributed by atoms with Crippen LogP contribution in [0.25, 0.3) is 0 Å². The summed E-state index contributed by atoms with van der Waals surface area (Å²) in [4.78, 5) is 23.1. The number of anilines is 2. The number of nitriles is 1. The lowest BCUT2D eigenvalue weighted by atomic mass is 10.1. The predicted molar refractivity (Wildman–Crippen MR) is 87.2 cm³/mol. The fourth-order valence-corrected chi connectivity index (χ4v) is 2.54. The molecule has 23 heavy (non-hydrogen) atoms. The standard InChI is InChI=1S/C17H17N5O/c18-12-13-4-6-14(7-5-13)20-16(23)15-8-9-19-17(21-15)22-10-2-1-3-11-22/h4-9H,1-3,10-11H2,(H,20,23). The zero-order chi connectivity index (χ0) is 16.1. The van der Waals surface area contributed by atoms with Gasteiger partial charge in [0.05, 0.1) is 11.6 Å². The minimum atomic E-state index is -0.282. The van der Waals surface area contributed by atoms with Gasteiger partial charge in [-0.25, -0.2) is 9.97 Å². The van der Waals surface area contributed by atoms with Crippen LogP contribution in [0, 0.1) is 11.3 Å². The maximum absolute atomic E-state index is 12.3. The van der Waals surface area contributed by atoms with Crippen LogP contribution in [-0.4, -0.2) is 29.0 Å². The van der Waals surface area contributed by atoms with Crippen molar-refractivity contribution in [3.8, 4) is 6.07 Å². The molecule has 0 atom stereocenters. The number of benzene rings is 1. The first-order valence-electron chi connectivity index (χ1n) is 7.66. The summed E-state index contributed by atoms with van der Waals surface area (Å²) in [5.74, 6) is 0.326. The average Bonchev–Trinajstić information content (AvgIpc) is 2.63. The third-order valence-electron chi connectivity index (χ3n) is 3.79. The minimum absolute atomic E-state index is 0.282. The van der Waals surface area contributed by atoms with Crippen molar-refractivity contribution in [2.75, 3.05) is 23.3 Å². The summed E-state index contributed by atoms with van der Waals surface area (Å²) < 4.78 is 0. The SMILES string of the molecule is N#Cc1ccc(NC(=O)c2ccnc(N3CCCCC3)n2)cc1. The van der Waals surface area contributed by atoms with Gasteiger partial charge in [0.1, 0.15) is 5.69 Å². The monoisotopic (exact) mass is 307 g/mol. The van der Waals surface area contributed by atoms with E-state index in [9.17, 15) is 4.79 Å². The predicted octanol–water partition coefficient (Wildman–Crippen LogP) is 2.59. The zero-order valence-corrected chi connectivity index (χ0v) is 12.7. The van der Waals surface area contributed by atoms with E-state index in [0.29, 0.717) is 22.9 Å². The first kappa shape index (κ1) is 15.0. The molecule has 1 aromatic heterocycles. The Balaban J connectivity index is 1.72. The molecule has 1 aromatic carbocycles. The average molecular weight is 307 g/mol. The van der Waals surface area contributed by atoms with Gasteiger partial charge in [-0.05, 0) is 49.6 Å². The summed E-state index contributed by atoms with van der Waals surface area (Å²) in [6.45, 7) is 1.86. The van der Waals surface area contributed by atoms with Gasteiger partial charge < -0.3 is 10.2 Å². The fourth-order valence-electron chi connectivity index (χ4n) is 2.54. The molecule has 0 bridgehead atoms. The van der Waals surface area contributed by atoms with E-state index in [2.05, 4.69) is 20.2 Å². The Kier molecular flexibility index (Phi) is 4.48. The van der Waals surface area contributed by atoms with Crippen molar-refractivity contribution in [1.29, 1.82) is 5.26 Å². The van der Waals surface area contributed by atoms with Gasteiger partial charge in [-0.1, -0.05) is 0 Å². The highest BCUT2D eigenvalue weighted by Gasteiger charge is 2.16. The van der Waals surface area contributed by atoms with Crippen LogP contribution in [-0.2, 0) is 0 Å². The van der Waals surface area contributed by atoms with E-state index in [0.717, 1.165) is 25.9 Å². The first-order chi connectivity index (χ1) is 11.3. The van der Waals surface area contributed by atoms with Crippen LogP contribution in [0.2, 0.25) is 0 Å². The highest BCUT2D eigenvalue weighted by Crippen LogP contribution is 2.16. The van der Waals surface area contributed by atoms with Gasteiger partial charge in [0.2, 0.25) is 5.95 Å². The molecule has 0 saturated carbocycles. The van der Waals surface area contributed by atoms with E-state index in [1.54, 1.807) is 36.5 Å². The number of carbonyl (C=O) groups excluding carboxylic acids is 1. The van der Waals surface area contributed by atoms with Crippen molar-refractivity contribution in [1.82, 2.24) is 9.97 Å². The molecule has 1 aliphatic heterocycles. The number of aromatic nitrogens is 2. The molecule has 6 heteroatoms. The normalized spacial score (nSPS) is 14.1. The van der Waals surface area contributed by atoms with Gasteiger partial charge in [-0.15, -0.1) is 0 Å². The van der Waals surface area contributed by atoms with Crippen LogP contribution in [0.15, 0.2) is 36.5 Å². The lowest BCUT2D eigenvalue weighted by molar-refractivity contribution is 0.102. The number of piperidine rings is 1. The Morgan fingerprint density at radius 1 is 1.13 bits per heavy atom. The van der Waals surface area contributed by atoms with E-state index in [1.165, 1.54) is 6.42 Å². The highest BCUT2D eigenvalue weighted by molar-refractivity contribution is 6.02. The molecule has 3 rings (SSSR count). The number of amides is 1. The molecule has 1 saturated heterocycles. The largest absolute Gasteiger partial charge is 0.341 e. The third-order valence-corrected chi connectivity index (χ3v) is 3.79. The van der Waals surface area contributed by atoms with Crippen molar-refractivity contribution < 1.29 is 4.79 Å². The Hall–Kier alpha value is -2.94. The second kappa shape index (κ2) is 6.88. The van der Waals surface area contributed by atoms with Crippen LogP contribution in [0.3, 0.4) is 0 Å². The third kappa shape index (κ3) is 3.64. The van der Waals surface area contributed by atoms with E-state index in [-0.39, 0.29) is 5.91 Å². The van der Waals surface area contributed by atoms with Gasteiger partial charge in [0.25, 0.3) is 5.91 Å². The van der Waals surface area contributed by atoms with E-state index < -0.39 is 0 Å². The number of carbonyl (C=O) groups is 1. The quantitative estimate of drug-likeness (QED) is 0.942. The molecule has 1 N–H and O–H groups in total. The summed E-state index contributed by atoms with van der Waals surface area (Å²) in [7, 11) is 0. The lowest BCUT2D eigenvalue weighted by Crippen LogP contribution is -2.31. The molecule has 1 aliphatic rings. The van der Waals surface area contributed by atoms with Crippen molar-refractivity contribution in [3.05, 3.63) is 47.8 Å². The molecule has 0 unspecified atom stereocenters. The van der Waals surface area contributed by atoms with Gasteiger partial charge in [0, 0.05) is 25.0 Å². The Labute approximate surface area is 134 Å². The summed E-state index contributed by atoms with van der Waals surface area (Å²) in [5, 5.41) is 11.6. The second-order valence-electron chi connectivity index (χ2n) is 5.43. The molecule has 2 heterocycles. The van der Waals surface area contributed by atoms with Crippen molar-refractivity contribution >= 4 is 17.5 Å². The van der Waals surface area contributed by atoms with Gasteiger partial charge >= 0.3 is 0 Å². The number of nitrogens with one attached hydrogen (secondary N) is 1. The molecular formula is C17H17N5O. The maximum atomic E-state index is 12.3. The topological polar surface area (TPSA) is 81.9 Å². The number of rotatable bonds is 3. The maximum Gasteiger partial charge on any atom is 0.274 e. The molecule has 1 amide bonds. The van der Waals surface area contributed by atoms with Crippen molar-refractivity contribution in [2.45, 2.75) is 19.3 Å². The molecule has 6 nitrogen and oxygen atoms in total. The van der Waals surface area contributed by atoms with E-state index >= 15 is 0 Å². The van der Waals surface area contributed by atoms with E-state index in [1.807, 2.05) is 6.07 Å². The van der Waals surface area contributed by atoms with Crippen LogP contribution < -0.4 is 10.2 Å². The molecule has 116 valence electrons. The number of nitrogens with zero attached hydrogens (tertiary/aromatic N) is 4. The molecule has 0 aliphatic carbocycles. The van der Waals surface area contributed by atoms with Crippen molar-refractivity contribution in [2.24, 2.45) is 0 Å². The molecule has 1 fully saturated rings. The summed E-state index contributed by atoms with van der Waals surface area (Å²) in [6.07, 6.45) is 5.11. The lowest BCUT2D eigenvalue weighted by Gasteiger charge is -2.26. The molecule has 0 radical (unpaired) electrons. The van der Waals surface area contributed by atoms with Crippen LogP contribution in [0.4, 0.5) is 11.6 Å². The second-order valence-corrected chi connectivity index (χ2v) is 5.43.